The van der Waals surface area contributed by atoms with Gasteiger partial charge in [-0.05, 0) is 55.4 Å². The molecule has 0 aliphatic carbocycles. The van der Waals surface area contributed by atoms with Gasteiger partial charge in [0, 0.05) is 18.7 Å². The van der Waals surface area contributed by atoms with Gasteiger partial charge in [0.25, 0.3) is 5.91 Å². The minimum Gasteiger partial charge on any atom is -0.345 e. The number of benzene rings is 2. The molecule has 6 heteroatoms. The number of nitrogens with zero attached hydrogens (tertiary/aromatic N) is 1. The number of amides is 1. The summed E-state index contributed by atoms with van der Waals surface area (Å²) >= 11 is 0. The molecule has 0 spiro atoms. The van der Waals surface area contributed by atoms with E-state index in [1.807, 2.05) is 30.3 Å². The van der Waals surface area contributed by atoms with Crippen molar-refractivity contribution in [1.29, 1.82) is 0 Å². The molecule has 2 aromatic carbocycles. The second-order valence-corrected chi connectivity index (χ2v) is 10.4. The lowest BCUT2D eigenvalue weighted by molar-refractivity contribution is 0.0931. The highest BCUT2D eigenvalue weighted by Crippen LogP contribution is 2.26. The first-order valence-electron chi connectivity index (χ1n) is 10.8. The molecule has 1 saturated heterocycles. The Morgan fingerprint density at radius 2 is 1.70 bits per heavy atom. The lowest BCUT2D eigenvalue weighted by Crippen LogP contribution is -2.36. The topological polar surface area (TPSA) is 66.5 Å². The summed E-state index contributed by atoms with van der Waals surface area (Å²) in [7, 11) is -3.60. The highest BCUT2D eigenvalue weighted by molar-refractivity contribution is 7.89. The van der Waals surface area contributed by atoms with Crippen molar-refractivity contribution < 1.29 is 13.2 Å². The Morgan fingerprint density at radius 1 is 1.03 bits per heavy atom. The van der Waals surface area contributed by atoms with E-state index >= 15 is 0 Å². The van der Waals surface area contributed by atoms with E-state index in [2.05, 4.69) is 19.2 Å². The van der Waals surface area contributed by atoms with Crippen molar-refractivity contribution in [1.82, 2.24) is 9.62 Å². The quantitative estimate of drug-likeness (QED) is 0.696. The van der Waals surface area contributed by atoms with Crippen LogP contribution in [-0.4, -0.2) is 31.7 Å². The number of carbonyl (C=O) groups excluding carboxylic acids is 1. The van der Waals surface area contributed by atoms with Crippen LogP contribution in [0.1, 0.15) is 67.1 Å². The van der Waals surface area contributed by atoms with E-state index in [4.69, 9.17) is 0 Å². The van der Waals surface area contributed by atoms with Gasteiger partial charge in [-0.2, -0.15) is 4.31 Å². The molecule has 5 nitrogen and oxygen atoms in total. The fourth-order valence-corrected chi connectivity index (χ4v) is 5.71. The lowest BCUT2D eigenvalue weighted by atomic mass is 9.96. The number of piperidine rings is 1. The zero-order chi connectivity index (χ0) is 21.7. The molecule has 0 aromatic heterocycles. The zero-order valence-electron chi connectivity index (χ0n) is 18.1. The molecule has 162 valence electrons. The van der Waals surface area contributed by atoms with Gasteiger partial charge in [0.15, 0.2) is 0 Å². The van der Waals surface area contributed by atoms with Gasteiger partial charge in [-0.3, -0.25) is 4.79 Å². The summed E-state index contributed by atoms with van der Waals surface area (Å²) < 4.78 is 27.9. The molecule has 0 bridgehead atoms. The largest absolute Gasteiger partial charge is 0.345 e. The van der Waals surface area contributed by atoms with Crippen molar-refractivity contribution in [3.8, 4) is 0 Å². The molecule has 3 rings (SSSR count). The number of rotatable bonds is 7. The molecule has 1 N–H and O–H groups in total. The minimum absolute atomic E-state index is 0.123. The van der Waals surface area contributed by atoms with Gasteiger partial charge in [0.2, 0.25) is 10.0 Å². The molecule has 0 radical (unpaired) electrons. The van der Waals surface area contributed by atoms with Crippen molar-refractivity contribution in [2.75, 3.05) is 13.1 Å². The van der Waals surface area contributed by atoms with Crippen LogP contribution in [-0.2, 0) is 10.0 Å². The molecular weight excluding hydrogens is 396 g/mol. The summed E-state index contributed by atoms with van der Waals surface area (Å²) in [6.07, 6.45) is 3.63. The van der Waals surface area contributed by atoms with Crippen molar-refractivity contribution in [2.45, 2.75) is 57.4 Å². The second kappa shape index (κ2) is 9.75. The predicted molar refractivity (Wildman–Crippen MR) is 120 cm³/mol. The molecular formula is C24H32N2O3S. The summed E-state index contributed by atoms with van der Waals surface area (Å²) in [4.78, 5) is 13.3. The van der Waals surface area contributed by atoms with Gasteiger partial charge in [-0.25, -0.2) is 8.42 Å². The molecule has 1 atom stereocenters. The number of nitrogens with one attached hydrogen (secondary N) is 1. The third kappa shape index (κ3) is 5.29. The van der Waals surface area contributed by atoms with Crippen LogP contribution in [0.15, 0.2) is 53.4 Å². The maximum absolute atomic E-state index is 13.2. The summed E-state index contributed by atoms with van der Waals surface area (Å²) in [5, 5.41) is 3.11. The van der Waals surface area contributed by atoms with Gasteiger partial charge < -0.3 is 5.32 Å². The van der Waals surface area contributed by atoms with E-state index < -0.39 is 10.0 Å². The van der Waals surface area contributed by atoms with Crippen LogP contribution in [0.2, 0.25) is 0 Å². The highest BCUT2D eigenvalue weighted by Gasteiger charge is 2.28. The number of hydrogen-bond acceptors (Lipinski definition) is 3. The Labute approximate surface area is 180 Å². The first-order chi connectivity index (χ1) is 14.3. The summed E-state index contributed by atoms with van der Waals surface area (Å²) in [5.74, 6) is 0.156. The molecule has 1 aliphatic rings. The van der Waals surface area contributed by atoms with Crippen molar-refractivity contribution >= 4 is 15.9 Å². The van der Waals surface area contributed by atoms with Crippen molar-refractivity contribution in [3.63, 3.8) is 0 Å². The van der Waals surface area contributed by atoms with Crippen LogP contribution in [0, 0.1) is 12.8 Å². The fraction of sp³-hybridized carbons (Fsp3) is 0.458. The van der Waals surface area contributed by atoms with Crippen LogP contribution in [0.4, 0.5) is 0 Å². The molecule has 1 heterocycles. The Morgan fingerprint density at radius 3 is 2.33 bits per heavy atom. The number of hydrogen-bond donors (Lipinski definition) is 1. The van der Waals surface area contributed by atoms with E-state index in [0.717, 1.165) is 31.2 Å². The van der Waals surface area contributed by atoms with Crippen LogP contribution in [0.3, 0.4) is 0 Å². The van der Waals surface area contributed by atoms with Gasteiger partial charge in [0.1, 0.15) is 0 Å². The van der Waals surface area contributed by atoms with Gasteiger partial charge >= 0.3 is 0 Å². The van der Waals surface area contributed by atoms with Gasteiger partial charge in [-0.1, -0.05) is 56.7 Å². The number of aryl methyl sites for hydroxylation is 1. The highest BCUT2D eigenvalue weighted by atomic mass is 32.2. The lowest BCUT2D eigenvalue weighted by Gasteiger charge is -2.27. The smallest absolute Gasteiger partial charge is 0.251 e. The maximum Gasteiger partial charge on any atom is 0.251 e. The van der Waals surface area contributed by atoms with Crippen molar-refractivity contribution in [3.05, 3.63) is 65.2 Å². The standard InChI is InChI=1S/C24H32N2O3S/c1-18(2)16-22(20-10-6-4-7-11-20)25-24(27)21-13-12-19(3)23(17-21)30(28,29)26-14-8-5-9-15-26/h4,6-7,10-13,17-18,22H,5,8-9,14-16H2,1-3H3,(H,25,27). The monoisotopic (exact) mass is 428 g/mol. The Balaban J connectivity index is 1.86. The molecule has 1 unspecified atom stereocenters. The molecule has 1 fully saturated rings. The van der Waals surface area contributed by atoms with Crippen LogP contribution < -0.4 is 5.32 Å². The van der Waals surface area contributed by atoms with E-state index in [1.165, 1.54) is 6.07 Å². The zero-order valence-corrected chi connectivity index (χ0v) is 18.9. The Kier molecular flexibility index (Phi) is 7.32. The molecule has 2 aromatic rings. The summed E-state index contributed by atoms with van der Waals surface area (Å²) in [6.45, 7) is 7.12. The average molecular weight is 429 g/mol. The molecule has 1 amide bonds. The first kappa shape index (κ1) is 22.5. The molecule has 1 aliphatic heterocycles. The van der Waals surface area contributed by atoms with Crippen LogP contribution >= 0.6 is 0 Å². The molecule has 0 saturated carbocycles. The van der Waals surface area contributed by atoms with E-state index in [1.54, 1.807) is 23.4 Å². The second-order valence-electron chi connectivity index (χ2n) is 8.51. The Hall–Kier alpha value is -2.18. The van der Waals surface area contributed by atoms with Gasteiger partial charge in [-0.15, -0.1) is 0 Å². The van der Waals surface area contributed by atoms with Crippen molar-refractivity contribution in [2.24, 2.45) is 5.92 Å². The number of sulfonamides is 1. The van der Waals surface area contributed by atoms with Crippen LogP contribution in [0.5, 0.6) is 0 Å². The first-order valence-corrected chi connectivity index (χ1v) is 12.2. The number of carbonyl (C=O) groups is 1. The fourth-order valence-electron chi connectivity index (χ4n) is 3.94. The third-order valence-electron chi connectivity index (χ3n) is 5.60. The summed E-state index contributed by atoms with van der Waals surface area (Å²) in [6, 6.07) is 14.7. The third-order valence-corrected chi connectivity index (χ3v) is 7.64. The van der Waals surface area contributed by atoms with Crippen LogP contribution in [0.25, 0.3) is 0 Å². The Bertz CT molecular complexity index is 965. The SMILES string of the molecule is Cc1ccc(C(=O)NC(CC(C)C)c2ccccc2)cc1S(=O)(=O)N1CCCCC1. The minimum atomic E-state index is -3.60. The van der Waals surface area contributed by atoms with Gasteiger partial charge in [0.05, 0.1) is 10.9 Å². The average Bonchev–Trinajstić information content (AvgIpc) is 2.74. The van der Waals surface area contributed by atoms with E-state index in [9.17, 15) is 13.2 Å². The normalized spacial score (nSPS) is 16.4. The summed E-state index contributed by atoms with van der Waals surface area (Å²) in [5.41, 5.74) is 2.09. The predicted octanol–water partition coefficient (Wildman–Crippen LogP) is 4.69. The van der Waals surface area contributed by atoms with E-state index in [0.29, 0.717) is 30.1 Å². The van der Waals surface area contributed by atoms with E-state index in [-0.39, 0.29) is 16.8 Å². The maximum atomic E-state index is 13.2. The molecule has 30 heavy (non-hydrogen) atoms.